The van der Waals surface area contributed by atoms with Crippen LogP contribution < -0.4 is 5.32 Å². The Hall–Kier alpha value is -2.56. The molecule has 0 saturated carbocycles. The molecule has 1 aromatic heterocycles. The van der Waals surface area contributed by atoms with Gasteiger partial charge < -0.3 is 0 Å². The third kappa shape index (κ3) is 3.76. The minimum atomic E-state index is -0.0975. The summed E-state index contributed by atoms with van der Waals surface area (Å²) < 4.78 is 0. The van der Waals surface area contributed by atoms with Crippen LogP contribution in [0.3, 0.4) is 0 Å². The largest absolute Gasteiger partial charge is 0.294 e. The van der Waals surface area contributed by atoms with Gasteiger partial charge in [-0.3, -0.25) is 14.9 Å². The van der Waals surface area contributed by atoms with Crippen LogP contribution in [0.1, 0.15) is 59.8 Å². The molecule has 1 aliphatic rings. The third-order valence-corrected chi connectivity index (χ3v) is 4.88. The van der Waals surface area contributed by atoms with Gasteiger partial charge in [0.2, 0.25) is 11.9 Å². The van der Waals surface area contributed by atoms with Crippen LogP contribution in [0.5, 0.6) is 0 Å². The van der Waals surface area contributed by atoms with Crippen LogP contribution in [0.4, 0.5) is 5.95 Å². The van der Waals surface area contributed by atoms with Gasteiger partial charge in [-0.05, 0) is 31.2 Å². The predicted octanol–water partition coefficient (Wildman–Crippen LogP) is 3.68. The maximum atomic E-state index is 12.5. The van der Waals surface area contributed by atoms with E-state index in [1.54, 1.807) is 6.20 Å². The van der Waals surface area contributed by atoms with E-state index >= 15 is 0 Å². The van der Waals surface area contributed by atoms with Crippen LogP contribution in [0.15, 0.2) is 30.5 Å². The zero-order valence-corrected chi connectivity index (χ0v) is 14.9. The van der Waals surface area contributed by atoms with E-state index in [-0.39, 0.29) is 29.5 Å². The second-order valence-electron chi connectivity index (χ2n) is 6.79. The van der Waals surface area contributed by atoms with Crippen molar-refractivity contribution in [2.75, 3.05) is 5.32 Å². The molecular weight excluding hydrogens is 314 g/mol. The van der Waals surface area contributed by atoms with Crippen molar-refractivity contribution in [1.82, 2.24) is 9.97 Å². The molecule has 0 aliphatic heterocycles. The predicted molar refractivity (Wildman–Crippen MR) is 96.7 cm³/mol. The average Bonchev–Trinajstić information content (AvgIpc) is 2.61. The minimum absolute atomic E-state index is 0.0617. The van der Waals surface area contributed by atoms with Crippen LogP contribution in [0.2, 0.25) is 0 Å². The molecule has 2 atom stereocenters. The number of nitrogens with zero attached hydrogens (tertiary/aromatic N) is 2. The van der Waals surface area contributed by atoms with E-state index in [0.29, 0.717) is 18.4 Å². The number of ketones is 1. The Morgan fingerprint density at radius 3 is 2.68 bits per heavy atom. The molecule has 1 heterocycles. The minimum Gasteiger partial charge on any atom is -0.294 e. The lowest BCUT2D eigenvalue weighted by molar-refractivity contribution is -0.119. The summed E-state index contributed by atoms with van der Waals surface area (Å²) in [6.07, 6.45) is 3.45. The second-order valence-corrected chi connectivity index (χ2v) is 6.79. The second kappa shape index (κ2) is 7.13. The molecule has 0 saturated heterocycles. The Bertz CT molecular complexity index is 799. The number of nitrogens with one attached hydrogen (secondary N) is 1. The average molecular weight is 337 g/mol. The lowest BCUT2D eigenvalue weighted by atomic mass is 9.82. The van der Waals surface area contributed by atoms with Crippen LogP contribution in [-0.2, 0) is 11.2 Å². The van der Waals surface area contributed by atoms with E-state index in [0.717, 1.165) is 17.7 Å². The van der Waals surface area contributed by atoms with Gasteiger partial charge in [-0.25, -0.2) is 9.97 Å². The number of rotatable bonds is 4. The number of benzene rings is 1. The zero-order chi connectivity index (χ0) is 18.0. The Labute approximate surface area is 147 Å². The Kier molecular flexibility index (Phi) is 4.93. The number of hydrogen-bond donors (Lipinski definition) is 1. The summed E-state index contributed by atoms with van der Waals surface area (Å²) in [5, 5.41) is 2.75. The van der Waals surface area contributed by atoms with Crippen molar-refractivity contribution < 1.29 is 9.59 Å². The number of carbonyl (C=O) groups is 2. The Morgan fingerprint density at radius 2 is 2.00 bits per heavy atom. The molecule has 130 valence electrons. The molecule has 3 rings (SSSR count). The van der Waals surface area contributed by atoms with E-state index in [2.05, 4.69) is 39.6 Å². The maximum absolute atomic E-state index is 12.5. The molecule has 1 aliphatic carbocycles. The number of hydrogen-bond acceptors (Lipinski definition) is 4. The van der Waals surface area contributed by atoms with Crippen LogP contribution >= 0.6 is 0 Å². The van der Waals surface area contributed by atoms with Crippen LogP contribution in [0.25, 0.3) is 0 Å². The fourth-order valence-corrected chi connectivity index (χ4v) is 3.00. The number of Topliss-reactive ketones (excluding diaryl/α,β-unsaturated/α-hetero) is 1. The summed E-state index contributed by atoms with van der Waals surface area (Å²) in [5.41, 5.74) is 3.64. The summed E-state index contributed by atoms with van der Waals surface area (Å²) in [7, 11) is 0. The highest BCUT2D eigenvalue weighted by Crippen LogP contribution is 2.32. The van der Waals surface area contributed by atoms with Gasteiger partial charge in [0.15, 0.2) is 5.78 Å². The Balaban J connectivity index is 1.83. The number of aromatic nitrogens is 2. The molecular formula is C20H23N3O2. The highest BCUT2D eigenvalue weighted by atomic mass is 16.2. The van der Waals surface area contributed by atoms with Crippen molar-refractivity contribution in [3.63, 3.8) is 0 Å². The van der Waals surface area contributed by atoms with Gasteiger partial charge in [0.1, 0.15) is 0 Å². The van der Waals surface area contributed by atoms with Crippen LogP contribution in [0, 0.1) is 12.8 Å². The summed E-state index contributed by atoms with van der Waals surface area (Å²) in [6, 6.07) is 8.27. The molecule has 1 aromatic carbocycles. The van der Waals surface area contributed by atoms with E-state index in [1.165, 1.54) is 5.56 Å². The monoisotopic (exact) mass is 337 g/mol. The van der Waals surface area contributed by atoms with Crippen molar-refractivity contribution in [1.29, 1.82) is 0 Å². The molecule has 0 spiro atoms. The van der Waals surface area contributed by atoms with E-state index in [9.17, 15) is 9.59 Å². The highest BCUT2D eigenvalue weighted by molar-refractivity contribution is 5.99. The number of amides is 1. The van der Waals surface area contributed by atoms with E-state index in [4.69, 9.17) is 0 Å². The van der Waals surface area contributed by atoms with Crippen molar-refractivity contribution in [2.24, 2.45) is 5.92 Å². The van der Waals surface area contributed by atoms with Gasteiger partial charge in [-0.1, -0.05) is 43.7 Å². The van der Waals surface area contributed by atoms with Crippen LogP contribution in [-0.4, -0.2) is 21.7 Å². The van der Waals surface area contributed by atoms with Gasteiger partial charge in [0, 0.05) is 18.5 Å². The molecule has 5 nitrogen and oxygen atoms in total. The standard InChI is InChI=1S/C20H23N3O2/c1-4-13(3)19(25)23-20-21-11-16-17(22-20)9-15(10-18(16)24)14-7-5-12(2)6-8-14/h5-8,11,13,15H,4,9-10H2,1-3H3,(H,21,22,23,25)/t13-,15-/m0/s1. The first-order valence-corrected chi connectivity index (χ1v) is 8.74. The maximum Gasteiger partial charge on any atom is 0.229 e. The number of anilines is 1. The van der Waals surface area contributed by atoms with Gasteiger partial charge in [-0.15, -0.1) is 0 Å². The topological polar surface area (TPSA) is 72.0 Å². The number of aryl methyl sites for hydroxylation is 1. The van der Waals surface area contributed by atoms with Gasteiger partial charge in [0.25, 0.3) is 0 Å². The first-order valence-electron chi connectivity index (χ1n) is 8.74. The van der Waals surface area contributed by atoms with E-state index in [1.807, 2.05) is 20.8 Å². The lowest BCUT2D eigenvalue weighted by Gasteiger charge is -2.23. The van der Waals surface area contributed by atoms with Crippen molar-refractivity contribution in [3.8, 4) is 0 Å². The first kappa shape index (κ1) is 17.3. The lowest BCUT2D eigenvalue weighted by Crippen LogP contribution is -2.24. The number of fused-ring (bicyclic) bond motifs is 1. The van der Waals surface area contributed by atoms with Gasteiger partial charge in [-0.2, -0.15) is 0 Å². The van der Waals surface area contributed by atoms with Gasteiger partial charge in [0.05, 0.1) is 11.3 Å². The van der Waals surface area contributed by atoms with E-state index < -0.39 is 0 Å². The first-order chi connectivity index (χ1) is 12.0. The molecule has 0 unspecified atom stereocenters. The molecule has 25 heavy (non-hydrogen) atoms. The zero-order valence-electron chi connectivity index (χ0n) is 14.9. The summed E-state index contributed by atoms with van der Waals surface area (Å²) >= 11 is 0. The number of carbonyl (C=O) groups excluding carboxylic acids is 2. The molecule has 2 aromatic rings. The molecule has 0 bridgehead atoms. The SMILES string of the molecule is CC[C@H](C)C(=O)Nc1ncc2c(n1)C[C@H](c1ccc(C)cc1)CC2=O. The van der Waals surface area contributed by atoms with Crippen molar-refractivity contribution >= 4 is 17.6 Å². The van der Waals surface area contributed by atoms with Crippen molar-refractivity contribution in [3.05, 3.63) is 52.8 Å². The molecule has 1 N–H and O–H groups in total. The summed E-state index contributed by atoms with van der Waals surface area (Å²) in [6.45, 7) is 5.87. The molecule has 0 fully saturated rings. The molecule has 1 amide bonds. The summed E-state index contributed by atoms with van der Waals surface area (Å²) in [4.78, 5) is 33.1. The van der Waals surface area contributed by atoms with Gasteiger partial charge >= 0.3 is 0 Å². The summed E-state index contributed by atoms with van der Waals surface area (Å²) in [5.74, 6) is 0.267. The fourth-order valence-electron chi connectivity index (χ4n) is 3.00. The third-order valence-electron chi connectivity index (χ3n) is 4.88. The highest BCUT2D eigenvalue weighted by Gasteiger charge is 2.28. The smallest absolute Gasteiger partial charge is 0.229 e. The van der Waals surface area contributed by atoms with Crippen molar-refractivity contribution in [2.45, 2.75) is 46.0 Å². The molecule has 5 heteroatoms. The molecule has 0 radical (unpaired) electrons. The fraction of sp³-hybridized carbons (Fsp3) is 0.400. The normalized spacial score (nSPS) is 17.7. The quantitative estimate of drug-likeness (QED) is 0.924. The Morgan fingerprint density at radius 1 is 1.28 bits per heavy atom.